The number of anilines is 2. The van der Waals surface area contributed by atoms with Crippen molar-refractivity contribution in [2.24, 2.45) is 0 Å². The summed E-state index contributed by atoms with van der Waals surface area (Å²) in [6.45, 7) is 5.55. The first-order chi connectivity index (χ1) is 21.4. The van der Waals surface area contributed by atoms with Crippen LogP contribution in [-0.2, 0) is 0 Å². The van der Waals surface area contributed by atoms with Crippen LogP contribution in [-0.4, -0.2) is 22.6 Å². The highest BCUT2D eigenvalue weighted by atomic mass is 32.1. The summed E-state index contributed by atoms with van der Waals surface area (Å²) in [7, 11) is 0. The van der Waals surface area contributed by atoms with Crippen LogP contribution in [0.1, 0.15) is 41.0 Å². The third kappa shape index (κ3) is 6.59. The van der Waals surface area contributed by atoms with E-state index in [1.807, 2.05) is 86.7 Å². The lowest BCUT2D eigenvalue weighted by atomic mass is 9.89. The number of thiocarbonyl (C=S) groups is 1. The Morgan fingerprint density at radius 1 is 0.886 bits per heavy atom. The molecule has 0 spiro atoms. The predicted molar refractivity (Wildman–Crippen MR) is 186 cm³/mol. The molecule has 0 bridgehead atoms. The summed E-state index contributed by atoms with van der Waals surface area (Å²) < 4.78 is 18.4. The van der Waals surface area contributed by atoms with E-state index in [-0.39, 0.29) is 11.4 Å². The minimum absolute atomic E-state index is 0.166. The average molecular weight is 620 g/mol. The van der Waals surface area contributed by atoms with Gasteiger partial charge < -0.3 is 10.2 Å². The third-order valence-electron chi connectivity index (χ3n) is 8.10. The summed E-state index contributed by atoms with van der Waals surface area (Å²) in [5, 5.41) is 3.26. The first kappa shape index (κ1) is 29.7. The van der Waals surface area contributed by atoms with Crippen LogP contribution in [0.25, 0.3) is 17.8 Å². The smallest absolute Gasteiger partial charge is 0.273 e. The van der Waals surface area contributed by atoms with Gasteiger partial charge >= 0.3 is 0 Å². The lowest BCUT2D eigenvalue weighted by Crippen LogP contribution is -2.34. The quantitative estimate of drug-likeness (QED) is 0.206. The highest BCUT2D eigenvalue weighted by Gasteiger charge is 2.24. The molecule has 1 saturated heterocycles. The van der Waals surface area contributed by atoms with Crippen molar-refractivity contribution in [1.29, 1.82) is 0 Å². The zero-order chi connectivity index (χ0) is 30.6. The van der Waals surface area contributed by atoms with E-state index in [4.69, 9.17) is 12.2 Å². The van der Waals surface area contributed by atoms with Crippen molar-refractivity contribution in [3.05, 3.63) is 145 Å². The molecule has 7 heteroatoms. The highest BCUT2D eigenvalue weighted by molar-refractivity contribution is 7.81. The summed E-state index contributed by atoms with van der Waals surface area (Å²) in [5.41, 5.74) is 6.32. The Labute approximate surface area is 266 Å². The van der Waals surface area contributed by atoms with Crippen LogP contribution in [0.2, 0.25) is 0 Å². The van der Waals surface area contributed by atoms with Gasteiger partial charge in [0, 0.05) is 30.4 Å². The fourth-order valence-corrected chi connectivity index (χ4v) is 7.10. The van der Waals surface area contributed by atoms with Gasteiger partial charge in [-0.05, 0) is 74.6 Å². The van der Waals surface area contributed by atoms with Crippen LogP contribution in [0, 0.1) is 19.7 Å². The van der Waals surface area contributed by atoms with Crippen molar-refractivity contribution in [1.82, 2.24) is 4.57 Å². The van der Waals surface area contributed by atoms with Crippen LogP contribution in [0.4, 0.5) is 15.8 Å². The van der Waals surface area contributed by atoms with Crippen molar-refractivity contribution in [3.63, 3.8) is 0 Å². The number of benzene rings is 4. The van der Waals surface area contributed by atoms with E-state index in [0.717, 1.165) is 48.4 Å². The number of thiazole rings is 1. The molecule has 5 aromatic rings. The Kier molecular flexibility index (Phi) is 8.87. The molecule has 4 aromatic carbocycles. The number of aromatic nitrogens is 1. The standard InChI is InChI=1S/C37H34FN3OS2/c1-25-11-15-30(16-12-25)39-34(43)24-35-41(31-17-13-26(2)14-18-31)37(42)33(44-35)23-29-9-6-10-32(38)36(29)40-21-19-28(20-22-40)27-7-4-3-5-8-27/h3-18,23-24,28H,19-22H2,1-2H3,(H,39,43)/b33-23-,35-24-. The summed E-state index contributed by atoms with van der Waals surface area (Å²) in [6.07, 6.45) is 5.54. The number of piperidine rings is 1. The maximum absolute atomic E-state index is 15.5. The monoisotopic (exact) mass is 619 g/mol. The lowest BCUT2D eigenvalue weighted by Gasteiger charge is -2.35. The molecule has 2 heterocycles. The minimum atomic E-state index is -0.275. The first-order valence-electron chi connectivity index (χ1n) is 14.8. The molecule has 6 rings (SSSR count). The fourth-order valence-electron chi connectivity index (χ4n) is 5.75. The molecular formula is C37H34FN3OS2. The largest absolute Gasteiger partial charge is 0.369 e. The van der Waals surface area contributed by atoms with Gasteiger partial charge in [0.15, 0.2) is 0 Å². The Morgan fingerprint density at radius 2 is 1.55 bits per heavy atom. The second-order valence-corrected chi connectivity index (χ2v) is 12.8. The van der Waals surface area contributed by atoms with Crippen molar-refractivity contribution >= 4 is 52.1 Å². The Hall–Kier alpha value is -4.33. The Bertz CT molecular complexity index is 1960. The number of halogens is 1. The molecule has 1 fully saturated rings. The van der Waals surface area contributed by atoms with Gasteiger partial charge in [-0.1, -0.05) is 90.1 Å². The molecule has 0 atom stereocenters. The van der Waals surface area contributed by atoms with E-state index in [9.17, 15) is 4.79 Å². The topological polar surface area (TPSA) is 37.3 Å². The summed E-state index contributed by atoms with van der Waals surface area (Å²) in [5.74, 6) is 0.184. The molecule has 1 aliphatic rings. The second-order valence-electron chi connectivity index (χ2n) is 11.3. The second kappa shape index (κ2) is 13.1. The van der Waals surface area contributed by atoms with Crippen LogP contribution in [0.5, 0.6) is 0 Å². The van der Waals surface area contributed by atoms with E-state index < -0.39 is 0 Å². The molecule has 222 valence electrons. The fraction of sp³-hybridized carbons (Fsp3) is 0.189. The maximum atomic E-state index is 15.5. The molecule has 1 aromatic heterocycles. The van der Waals surface area contributed by atoms with Crippen molar-refractivity contribution in [3.8, 4) is 5.69 Å². The third-order valence-corrected chi connectivity index (χ3v) is 9.34. The van der Waals surface area contributed by atoms with Gasteiger partial charge in [0.1, 0.15) is 15.5 Å². The molecule has 0 amide bonds. The van der Waals surface area contributed by atoms with Gasteiger partial charge in [0.05, 0.1) is 15.9 Å². The molecule has 0 aliphatic carbocycles. The summed E-state index contributed by atoms with van der Waals surface area (Å²) in [4.78, 5) is 16.6. The molecule has 44 heavy (non-hydrogen) atoms. The number of hydrogen-bond donors (Lipinski definition) is 1. The van der Waals surface area contributed by atoms with Crippen LogP contribution < -0.4 is 25.0 Å². The van der Waals surface area contributed by atoms with Gasteiger partial charge in [-0.25, -0.2) is 4.39 Å². The summed E-state index contributed by atoms with van der Waals surface area (Å²) >= 11 is 7.04. The molecular weight excluding hydrogens is 586 g/mol. The van der Waals surface area contributed by atoms with E-state index in [1.165, 1.54) is 23.0 Å². The molecule has 1 N–H and O–H groups in total. The molecule has 0 saturated carbocycles. The molecule has 0 unspecified atom stereocenters. The van der Waals surface area contributed by atoms with Crippen LogP contribution in [0.15, 0.2) is 102 Å². The van der Waals surface area contributed by atoms with Crippen LogP contribution in [0.3, 0.4) is 0 Å². The first-order valence-corrected chi connectivity index (χ1v) is 16.1. The van der Waals surface area contributed by atoms with E-state index >= 15 is 4.39 Å². The number of aryl methyl sites for hydroxylation is 2. The number of para-hydroxylation sites is 1. The predicted octanol–water partition coefficient (Wildman–Crippen LogP) is 7.09. The minimum Gasteiger partial charge on any atom is -0.369 e. The van der Waals surface area contributed by atoms with Crippen molar-refractivity contribution in [2.45, 2.75) is 32.6 Å². The van der Waals surface area contributed by atoms with E-state index in [2.05, 4.69) is 34.5 Å². The molecule has 0 radical (unpaired) electrons. The highest BCUT2D eigenvalue weighted by Crippen LogP contribution is 2.33. The van der Waals surface area contributed by atoms with E-state index in [0.29, 0.717) is 31.4 Å². The number of nitrogens with zero attached hydrogens (tertiary/aromatic N) is 2. The zero-order valence-corrected chi connectivity index (χ0v) is 26.4. The van der Waals surface area contributed by atoms with Gasteiger partial charge in [-0.3, -0.25) is 9.36 Å². The van der Waals surface area contributed by atoms with Gasteiger partial charge in [0.2, 0.25) is 0 Å². The molecule has 1 aliphatic heterocycles. The maximum Gasteiger partial charge on any atom is 0.273 e. The lowest BCUT2D eigenvalue weighted by molar-refractivity contribution is 0.497. The van der Waals surface area contributed by atoms with Crippen molar-refractivity contribution < 1.29 is 4.39 Å². The SMILES string of the molecule is Cc1ccc(NC(=S)/C=c2\s/c(=C\c3cccc(F)c3N3CCC(c4ccccc4)CC3)c(=O)n2-c2ccc(C)cc2)cc1. The molecule has 4 nitrogen and oxygen atoms in total. The van der Waals surface area contributed by atoms with Gasteiger partial charge in [0.25, 0.3) is 5.56 Å². The van der Waals surface area contributed by atoms with E-state index in [1.54, 1.807) is 10.6 Å². The van der Waals surface area contributed by atoms with Gasteiger partial charge in [-0.15, -0.1) is 11.3 Å². The number of nitrogens with one attached hydrogen (secondary N) is 1. The average Bonchev–Trinajstić information content (AvgIpc) is 3.33. The summed E-state index contributed by atoms with van der Waals surface area (Å²) in [6, 6.07) is 31.5. The number of rotatable bonds is 6. The Balaban J connectivity index is 1.38. The van der Waals surface area contributed by atoms with Crippen LogP contribution >= 0.6 is 23.6 Å². The van der Waals surface area contributed by atoms with Crippen molar-refractivity contribution in [2.75, 3.05) is 23.3 Å². The normalized spacial score (nSPS) is 14.7. The zero-order valence-electron chi connectivity index (χ0n) is 24.8. The Morgan fingerprint density at radius 3 is 2.23 bits per heavy atom. The van der Waals surface area contributed by atoms with Gasteiger partial charge in [-0.2, -0.15) is 0 Å². The number of hydrogen-bond acceptors (Lipinski definition) is 4.